The van der Waals surface area contributed by atoms with Crippen molar-refractivity contribution in [3.63, 3.8) is 0 Å². The van der Waals surface area contributed by atoms with Crippen LogP contribution in [0.1, 0.15) is 33.9 Å². The summed E-state index contributed by atoms with van der Waals surface area (Å²) < 4.78 is 5.91. The molecule has 4 aromatic rings. The largest absolute Gasteiger partial charge is 0.507 e. The maximum absolute atomic E-state index is 13.3. The van der Waals surface area contributed by atoms with E-state index in [1.54, 1.807) is 30.6 Å². The van der Waals surface area contributed by atoms with E-state index in [2.05, 4.69) is 4.98 Å². The number of aryl methyl sites for hydroxylation is 1. The van der Waals surface area contributed by atoms with Crippen molar-refractivity contribution >= 4 is 17.4 Å². The van der Waals surface area contributed by atoms with Gasteiger partial charge < -0.3 is 14.7 Å². The monoisotopic (exact) mass is 490 g/mol. The highest BCUT2D eigenvalue weighted by Crippen LogP contribution is 2.40. The first kappa shape index (κ1) is 24.0. The normalized spacial score (nSPS) is 16.7. The van der Waals surface area contributed by atoms with Gasteiger partial charge in [0.05, 0.1) is 11.6 Å². The molecule has 1 fully saturated rings. The number of hydrogen-bond donors (Lipinski definition) is 1. The van der Waals surface area contributed by atoms with Crippen LogP contribution in [0.5, 0.6) is 5.75 Å². The molecule has 1 amide bonds. The molecule has 0 unspecified atom stereocenters. The number of carbonyl (C=O) groups excluding carboxylic acids is 2. The fourth-order valence-electron chi connectivity index (χ4n) is 4.59. The van der Waals surface area contributed by atoms with Gasteiger partial charge in [-0.05, 0) is 53.4 Å². The molecule has 3 aromatic carbocycles. The molecule has 1 aromatic heterocycles. The van der Waals surface area contributed by atoms with Gasteiger partial charge in [-0.2, -0.15) is 0 Å². The molecule has 6 nitrogen and oxygen atoms in total. The van der Waals surface area contributed by atoms with Gasteiger partial charge in [-0.15, -0.1) is 0 Å². The summed E-state index contributed by atoms with van der Waals surface area (Å²) in [5, 5.41) is 11.4. The number of hydrogen-bond acceptors (Lipinski definition) is 5. The average molecular weight is 491 g/mol. The van der Waals surface area contributed by atoms with Gasteiger partial charge in [0.15, 0.2) is 0 Å². The van der Waals surface area contributed by atoms with Crippen LogP contribution in [0.15, 0.2) is 109 Å². The quantitative estimate of drug-likeness (QED) is 0.208. The van der Waals surface area contributed by atoms with Crippen LogP contribution in [0.3, 0.4) is 0 Å². The van der Waals surface area contributed by atoms with Crippen molar-refractivity contribution < 1.29 is 19.4 Å². The van der Waals surface area contributed by atoms with Crippen LogP contribution < -0.4 is 4.74 Å². The Kier molecular flexibility index (Phi) is 6.81. The predicted octanol–water partition coefficient (Wildman–Crippen LogP) is 5.59. The van der Waals surface area contributed by atoms with Crippen LogP contribution in [-0.4, -0.2) is 26.7 Å². The number of ketones is 1. The second kappa shape index (κ2) is 10.5. The van der Waals surface area contributed by atoms with E-state index in [0.717, 1.165) is 22.3 Å². The third-order valence-corrected chi connectivity index (χ3v) is 6.43. The standard InChI is InChI=1S/C31H26N2O4/c1-21-17-25(37-20-22-9-4-2-5-10-22)14-15-26(21)29(34)27-28(24-12-6-3-7-13-24)33(31(36)30(27)35)19-23-11-8-16-32-18-23/h2-18,28,34H,19-20H2,1H3/b29-27+/t28-/m0/s1. The van der Waals surface area contributed by atoms with E-state index < -0.39 is 17.7 Å². The van der Waals surface area contributed by atoms with Crippen LogP contribution in [0, 0.1) is 6.92 Å². The molecule has 1 N–H and O–H groups in total. The van der Waals surface area contributed by atoms with E-state index >= 15 is 0 Å². The molecular weight excluding hydrogens is 464 g/mol. The third kappa shape index (κ3) is 5.00. The summed E-state index contributed by atoms with van der Waals surface area (Å²) in [6.45, 7) is 2.45. The lowest BCUT2D eigenvalue weighted by atomic mass is 9.94. The Labute approximate surface area is 215 Å². The summed E-state index contributed by atoms with van der Waals surface area (Å²) in [5.41, 5.74) is 3.86. The Morgan fingerprint density at radius 3 is 2.30 bits per heavy atom. The Bertz CT molecular complexity index is 1450. The molecule has 37 heavy (non-hydrogen) atoms. The molecule has 0 aliphatic carbocycles. The second-order valence-corrected chi connectivity index (χ2v) is 8.95. The maximum Gasteiger partial charge on any atom is 0.295 e. The van der Waals surface area contributed by atoms with Gasteiger partial charge in [0, 0.05) is 24.5 Å². The first-order chi connectivity index (χ1) is 18.0. The number of carbonyl (C=O) groups is 2. The highest BCUT2D eigenvalue weighted by atomic mass is 16.5. The van der Waals surface area contributed by atoms with Crippen LogP contribution in [0.2, 0.25) is 0 Å². The van der Waals surface area contributed by atoms with E-state index in [4.69, 9.17) is 4.74 Å². The Morgan fingerprint density at radius 1 is 0.919 bits per heavy atom. The Morgan fingerprint density at radius 2 is 1.62 bits per heavy atom. The minimum atomic E-state index is -0.727. The number of Topliss-reactive ketones (excluding diaryl/α,β-unsaturated/α-hetero) is 1. The van der Waals surface area contributed by atoms with Gasteiger partial charge in [0.2, 0.25) is 0 Å². The van der Waals surface area contributed by atoms with Gasteiger partial charge in [-0.1, -0.05) is 66.7 Å². The molecule has 2 heterocycles. The van der Waals surface area contributed by atoms with Gasteiger partial charge in [-0.25, -0.2) is 0 Å². The number of rotatable bonds is 7. The van der Waals surface area contributed by atoms with Crippen molar-refractivity contribution in [2.45, 2.75) is 26.1 Å². The summed E-state index contributed by atoms with van der Waals surface area (Å²) in [7, 11) is 0. The van der Waals surface area contributed by atoms with Crippen molar-refractivity contribution in [2.24, 2.45) is 0 Å². The van der Waals surface area contributed by atoms with Crippen LogP contribution >= 0.6 is 0 Å². The van der Waals surface area contributed by atoms with Crippen molar-refractivity contribution in [1.82, 2.24) is 9.88 Å². The lowest BCUT2D eigenvalue weighted by molar-refractivity contribution is -0.140. The summed E-state index contributed by atoms with van der Waals surface area (Å²) in [6, 6.07) is 27.3. The average Bonchev–Trinajstić information content (AvgIpc) is 3.18. The minimum Gasteiger partial charge on any atom is -0.507 e. The highest BCUT2D eigenvalue weighted by Gasteiger charge is 2.46. The molecule has 184 valence electrons. The molecule has 1 atom stereocenters. The molecule has 0 saturated carbocycles. The number of likely N-dealkylation sites (tertiary alicyclic amines) is 1. The first-order valence-corrected chi connectivity index (χ1v) is 12.0. The maximum atomic E-state index is 13.3. The van der Waals surface area contributed by atoms with Crippen molar-refractivity contribution in [3.8, 4) is 5.75 Å². The summed E-state index contributed by atoms with van der Waals surface area (Å²) in [4.78, 5) is 32.1. The Balaban J connectivity index is 1.51. The van der Waals surface area contributed by atoms with Crippen molar-refractivity contribution in [3.05, 3.63) is 137 Å². The third-order valence-electron chi connectivity index (χ3n) is 6.43. The highest BCUT2D eigenvalue weighted by molar-refractivity contribution is 6.46. The van der Waals surface area contributed by atoms with E-state index in [9.17, 15) is 14.7 Å². The lowest BCUT2D eigenvalue weighted by Crippen LogP contribution is -2.29. The number of amides is 1. The number of nitrogens with zero attached hydrogens (tertiary/aromatic N) is 2. The fraction of sp³-hybridized carbons (Fsp3) is 0.129. The molecule has 6 heteroatoms. The Hall–Kier alpha value is -4.71. The number of benzene rings is 3. The molecule has 0 radical (unpaired) electrons. The van der Waals surface area contributed by atoms with E-state index in [0.29, 0.717) is 17.9 Å². The molecule has 1 aliphatic rings. The summed E-state index contributed by atoms with van der Waals surface area (Å²) in [6.07, 6.45) is 3.32. The van der Waals surface area contributed by atoms with E-state index in [1.165, 1.54) is 4.90 Å². The second-order valence-electron chi connectivity index (χ2n) is 8.95. The molecule has 5 rings (SSSR count). The van der Waals surface area contributed by atoms with Gasteiger partial charge in [-0.3, -0.25) is 14.6 Å². The predicted molar refractivity (Wildman–Crippen MR) is 140 cm³/mol. The van der Waals surface area contributed by atoms with Gasteiger partial charge in [0.1, 0.15) is 18.1 Å². The van der Waals surface area contributed by atoms with Crippen molar-refractivity contribution in [2.75, 3.05) is 0 Å². The number of aliphatic hydroxyl groups excluding tert-OH is 1. The van der Waals surface area contributed by atoms with Crippen LogP contribution in [-0.2, 0) is 22.7 Å². The van der Waals surface area contributed by atoms with Crippen LogP contribution in [0.25, 0.3) is 5.76 Å². The van der Waals surface area contributed by atoms with Crippen molar-refractivity contribution in [1.29, 1.82) is 0 Å². The zero-order valence-electron chi connectivity index (χ0n) is 20.4. The van der Waals surface area contributed by atoms with Crippen LogP contribution in [0.4, 0.5) is 0 Å². The first-order valence-electron chi connectivity index (χ1n) is 12.0. The molecule has 0 bridgehead atoms. The zero-order valence-corrected chi connectivity index (χ0v) is 20.4. The number of aliphatic hydroxyl groups is 1. The SMILES string of the molecule is Cc1cc(OCc2ccccc2)ccc1/C(O)=C1\C(=O)C(=O)N(Cc2cccnc2)[C@H]1c1ccccc1. The molecule has 1 aliphatic heterocycles. The fourth-order valence-corrected chi connectivity index (χ4v) is 4.59. The number of aromatic nitrogens is 1. The topological polar surface area (TPSA) is 79.7 Å². The summed E-state index contributed by atoms with van der Waals surface area (Å²) >= 11 is 0. The van der Waals surface area contributed by atoms with Gasteiger partial charge >= 0.3 is 0 Å². The van der Waals surface area contributed by atoms with E-state index in [1.807, 2.05) is 79.7 Å². The van der Waals surface area contributed by atoms with Gasteiger partial charge in [0.25, 0.3) is 11.7 Å². The number of pyridine rings is 1. The molecule has 1 saturated heterocycles. The van der Waals surface area contributed by atoms with E-state index in [-0.39, 0.29) is 17.9 Å². The smallest absolute Gasteiger partial charge is 0.295 e. The molecule has 0 spiro atoms. The zero-order chi connectivity index (χ0) is 25.8. The number of ether oxygens (including phenoxy) is 1. The minimum absolute atomic E-state index is 0.0705. The lowest BCUT2D eigenvalue weighted by Gasteiger charge is -2.25. The molecular formula is C31H26N2O4. The summed E-state index contributed by atoms with van der Waals surface area (Å²) in [5.74, 6) is -0.915.